The van der Waals surface area contributed by atoms with E-state index in [2.05, 4.69) is 10.0 Å². The van der Waals surface area contributed by atoms with Crippen molar-refractivity contribution in [3.63, 3.8) is 0 Å². The van der Waals surface area contributed by atoms with Crippen LogP contribution in [0.1, 0.15) is 6.92 Å². The lowest BCUT2D eigenvalue weighted by atomic mass is 10.2. The number of carbonyl (C=O) groups excluding carboxylic acids is 3. The maximum absolute atomic E-state index is 12.9. The van der Waals surface area contributed by atoms with E-state index in [0.29, 0.717) is 23.8 Å². The van der Waals surface area contributed by atoms with Crippen molar-refractivity contribution < 1.29 is 27.5 Å². The molecule has 0 saturated carbocycles. The summed E-state index contributed by atoms with van der Waals surface area (Å²) < 4.78 is 33.5. The van der Waals surface area contributed by atoms with Crippen molar-refractivity contribution in [3.05, 3.63) is 47.5 Å². The van der Waals surface area contributed by atoms with Gasteiger partial charge in [0.25, 0.3) is 10.0 Å². The molecule has 10 nitrogen and oxygen atoms in total. The first-order chi connectivity index (χ1) is 15.6. The van der Waals surface area contributed by atoms with Gasteiger partial charge in [-0.25, -0.2) is 8.42 Å². The first-order valence-electron chi connectivity index (χ1n) is 9.99. The van der Waals surface area contributed by atoms with E-state index < -0.39 is 27.7 Å². The molecule has 0 atom stereocenters. The summed E-state index contributed by atoms with van der Waals surface area (Å²) in [5, 5.41) is 3.02. The van der Waals surface area contributed by atoms with Gasteiger partial charge in [0.15, 0.2) is 0 Å². The molecule has 3 rings (SSSR count). The molecular weight excluding hydrogens is 472 g/mol. The number of nitrogens with one attached hydrogen (secondary N) is 2. The number of hydrogen-bond acceptors (Lipinski definition) is 6. The Morgan fingerprint density at radius 2 is 1.64 bits per heavy atom. The van der Waals surface area contributed by atoms with Gasteiger partial charge in [-0.2, -0.15) is 0 Å². The number of ether oxygens (including phenoxy) is 1. The van der Waals surface area contributed by atoms with Crippen LogP contribution in [-0.2, 0) is 24.4 Å². The molecule has 1 aliphatic heterocycles. The normalized spacial score (nSPS) is 14.3. The minimum Gasteiger partial charge on any atom is -0.495 e. The summed E-state index contributed by atoms with van der Waals surface area (Å²) in [4.78, 5) is 39.1. The van der Waals surface area contributed by atoms with Crippen LogP contribution in [-0.4, -0.2) is 69.2 Å². The number of amides is 3. The van der Waals surface area contributed by atoms with Gasteiger partial charge in [-0.3, -0.25) is 19.1 Å². The number of rotatable bonds is 8. The van der Waals surface area contributed by atoms with Crippen LogP contribution in [0, 0.1) is 0 Å². The molecule has 0 radical (unpaired) electrons. The third-order valence-corrected chi connectivity index (χ3v) is 6.60. The Labute approximate surface area is 196 Å². The molecule has 33 heavy (non-hydrogen) atoms. The van der Waals surface area contributed by atoms with Crippen LogP contribution in [0.15, 0.2) is 47.4 Å². The second kappa shape index (κ2) is 10.1. The Bertz CT molecular complexity index is 1170. The van der Waals surface area contributed by atoms with Gasteiger partial charge in [0.1, 0.15) is 17.2 Å². The molecule has 0 unspecified atom stereocenters. The van der Waals surface area contributed by atoms with E-state index in [-0.39, 0.29) is 29.4 Å². The molecule has 12 heteroatoms. The zero-order valence-electron chi connectivity index (χ0n) is 18.0. The Kier molecular flexibility index (Phi) is 7.44. The first-order valence-corrected chi connectivity index (χ1v) is 11.8. The average Bonchev–Trinajstić information content (AvgIpc) is 2.78. The highest BCUT2D eigenvalue weighted by molar-refractivity contribution is 7.92. The van der Waals surface area contributed by atoms with Crippen LogP contribution in [0.3, 0.4) is 0 Å². The number of benzene rings is 2. The Hall–Kier alpha value is -3.31. The van der Waals surface area contributed by atoms with Crippen LogP contribution in [0.4, 0.5) is 11.4 Å². The van der Waals surface area contributed by atoms with Crippen LogP contribution in [0.2, 0.25) is 5.02 Å². The largest absolute Gasteiger partial charge is 0.495 e. The van der Waals surface area contributed by atoms with E-state index in [1.165, 1.54) is 42.3 Å². The number of hydrogen-bond donors (Lipinski definition) is 2. The Balaban J connectivity index is 1.75. The van der Waals surface area contributed by atoms with E-state index in [4.69, 9.17) is 16.3 Å². The zero-order chi connectivity index (χ0) is 24.2. The van der Waals surface area contributed by atoms with Crippen molar-refractivity contribution in [2.24, 2.45) is 0 Å². The van der Waals surface area contributed by atoms with Gasteiger partial charge in [0.2, 0.25) is 5.91 Å². The first kappa shape index (κ1) is 24.3. The van der Waals surface area contributed by atoms with Crippen molar-refractivity contribution >= 4 is 50.7 Å². The predicted octanol–water partition coefficient (Wildman–Crippen LogP) is 1.78. The summed E-state index contributed by atoms with van der Waals surface area (Å²) in [7, 11) is -2.74. The second-order valence-corrected chi connectivity index (χ2v) is 9.22. The standard InChI is InChI=1S/C21H23ClN4O6S/c1-3-25-10-11-26(21(29)20(25)28)13-19(27)23-16-8-9-17(32-2)18(12-16)33(30,31)24-15-6-4-14(22)5-7-15/h4-9,12,24H,3,10-11,13H2,1-2H3,(H,23,27). The number of halogens is 1. The van der Waals surface area contributed by atoms with Gasteiger partial charge in [0, 0.05) is 36.0 Å². The molecular formula is C21H23ClN4O6S. The lowest BCUT2D eigenvalue weighted by Crippen LogP contribution is -2.55. The minimum atomic E-state index is -4.06. The number of nitrogens with zero attached hydrogens (tertiary/aromatic N) is 2. The Morgan fingerprint density at radius 1 is 1.03 bits per heavy atom. The number of likely N-dealkylation sites (N-methyl/N-ethyl adjacent to an activating group) is 1. The zero-order valence-corrected chi connectivity index (χ0v) is 19.6. The molecule has 176 valence electrons. The minimum absolute atomic E-state index is 0.0749. The van der Waals surface area contributed by atoms with E-state index in [9.17, 15) is 22.8 Å². The number of anilines is 2. The predicted molar refractivity (Wildman–Crippen MR) is 123 cm³/mol. The van der Waals surface area contributed by atoms with Crippen LogP contribution >= 0.6 is 11.6 Å². The SMILES string of the molecule is CCN1CCN(CC(=O)Nc2ccc(OC)c(S(=O)(=O)Nc3ccc(Cl)cc3)c2)C(=O)C1=O. The molecule has 2 N–H and O–H groups in total. The fraction of sp³-hybridized carbons (Fsp3) is 0.286. The average molecular weight is 495 g/mol. The molecule has 0 bridgehead atoms. The molecule has 2 aromatic rings. The highest BCUT2D eigenvalue weighted by Crippen LogP contribution is 2.29. The van der Waals surface area contributed by atoms with Gasteiger partial charge >= 0.3 is 11.8 Å². The fourth-order valence-corrected chi connectivity index (χ4v) is 4.61. The van der Waals surface area contributed by atoms with E-state index in [1.54, 1.807) is 19.1 Å². The lowest BCUT2D eigenvalue weighted by molar-refractivity contribution is -0.156. The van der Waals surface area contributed by atoms with E-state index in [1.807, 2.05) is 0 Å². The summed E-state index contributed by atoms with van der Waals surface area (Å²) in [6.45, 7) is 2.43. The monoisotopic (exact) mass is 494 g/mol. The maximum atomic E-state index is 12.9. The molecule has 0 aliphatic carbocycles. The number of methoxy groups -OCH3 is 1. The summed E-state index contributed by atoms with van der Waals surface area (Å²) in [5.41, 5.74) is 0.480. The van der Waals surface area contributed by atoms with E-state index >= 15 is 0 Å². The van der Waals surface area contributed by atoms with Crippen LogP contribution in [0.25, 0.3) is 0 Å². The van der Waals surface area contributed by atoms with Gasteiger partial charge in [-0.15, -0.1) is 0 Å². The summed E-state index contributed by atoms with van der Waals surface area (Å²) in [5.74, 6) is -1.89. The Morgan fingerprint density at radius 3 is 2.27 bits per heavy atom. The van der Waals surface area contributed by atoms with Gasteiger partial charge in [-0.1, -0.05) is 11.6 Å². The molecule has 0 aromatic heterocycles. The third-order valence-electron chi connectivity index (χ3n) is 4.95. The van der Waals surface area contributed by atoms with Crippen molar-refractivity contribution in [3.8, 4) is 5.75 Å². The number of carbonyl (C=O) groups is 3. The second-order valence-electron chi connectivity index (χ2n) is 7.14. The third kappa shape index (κ3) is 5.74. The van der Waals surface area contributed by atoms with Crippen LogP contribution < -0.4 is 14.8 Å². The smallest absolute Gasteiger partial charge is 0.312 e. The van der Waals surface area contributed by atoms with E-state index in [0.717, 1.165) is 4.90 Å². The lowest BCUT2D eigenvalue weighted by Gasteiger charge is -2.32. The summed E-state index contributed by atoms with van der Waals surface area (Å²) in [6.07, 6.45) is 0. The number of sulfonamides is 1. The fourth-order valence-electron chi connectivity index (χ4n) is 3.23. The molecule has 1 aliphatic rings. The summed E-state index contributed by atoms with van der Waals surface area (Å²) in [6, 6.07) is 10.2. The highest BCUT2D eigenvalue weighted by Gasteiger charge is 2.32. The quantitative estimate of drug-likeness (QED) is 0.539. The van der Waals surface area contributed by atoms with Gasteiger partial charge < -0.3 is 19.9 Å². The molecule has 1 fully saturated rings. The van der Waals surface area contributed by atoms with Crippen molar-refractivity contribution in [1.29, 1.82) is 0 Å². The topological polar surface area (TPSA) is 125 Å². The highest BCUT2D eigenvalue weighted by atomic mass is 35.5. The molecule has 1 saturated heterocycles. The van der Waals surface area contributed by atoms with Gasteiger partial charge in [0.05, 0.1) is 7.11 Å². The molecule has 0 spiro atoms. The molecule has 2 aromatic carbocycles. The summed E-state index contributed by atoms with van der Waals surface area (Å²) >= 11 is 5.84. The molecule has 3 amide bonds. The van der Waals surface area contributed by atoms with Crippen molar-refractivity contribution in [2.75, 3.05) is 43.3 Å². The molecule has 1 heterocycles. The van der Waals surface area contributed by atoms with Gasteiger partial charge in [-0.05, 0) is 49.4 Å². The van der Waals surface area contributed by atoms with Crippen molar-refractivity contribution in [2.45, 2.75) is 11.8 Å². The maximum Gasteiger partial charge on any atom is 0.312 e. The van der Waals surface area contributed by atoms with Crippen LogP contribution in [0.5, 0.6) is 5.75 Å². The van der Waals surface area contributed by atoms with Crippen molar-refractivity contribution in [1.82, 2.24) is 9.80 Å². The number of piperazine rings is 1.